The Kier molecular flexibility index (Phi) is 5.36. The molecular formula is C19H20FNO4S. The number of rotatable bonds is 5. The maximum absolute atomic E-state index is 13.5. The molecule has 1 fully saturated rings. The van der Waals surface area contributed by atoms with E-state index in [9.17, 15) is 19.1 Å². The molecule has 0 aliphatic heterocycles. The van der Waals surface area contributed by atoms with Crippen LogP contribution in [0.4, 0.5) is 4.39 Å². The van der Waals surface area contributed by atoms with Crippen LogP contribution in [0.15, 0.2) is 12.1 Å². The maximum Gasteiger partial charge on any atom is 0.306 e. The van der Waals surface area contributed by atoms with Crippen molar-refractivity contribution < 1.29 is 23.8 Å². The van der Waals surface area contributed by atoms with Gasteiger partial charge in [0, 0.05) is 5.56 Å². The Morgan fingerprint density at radius 2 is 2.15 bits per heavy atom. The van der Waals surface area contributed by atoms with Crippen molar-refractivity contribution in [1.82, 2.24) is 4.98 Å². The van der Waals surface area contributed by atoms with Crippen molar-refractivity contribution in [2.45, 2.75) is 45.6 Å². The molecule has 1 aliphatic rings. The largest absolute Gasteiger partial charge is 0.488 e. The van der Waals surface area contributed by atoms with Crippen molar-refractivity contribution in [2.24, 2.45) is 5.92 Å². The van der Waals surface area contributed by atoms with Crippen molar-refractivity contribution >= 4 is 23.6 Å². The van der Waals surface area contributed by atoms with Gasteiger partial charge in [-0.05, 0) is 57.2 Å². The number of thiophene rings is 1. The number of carbonyl (C=O) groups excluding carboxylic acids is 1. The number of aryl methyl sites for hydroxylation is 2. The zero-order valence-electron chi connectivity index (χ0n) is 14.6. The summed E-state index contributed by atoms with van der Waals surface area (Å²) in [5, 5.41) is 8.79. The molecule has 3 rings (SSSR count). The minimum Gasteiger partial charge on any atom is -0.488 e. The van der Waals surface area contributed by atoms with E-state index in [4.69, 9.17) is 4.74 Å². The summed E-state index contributed by atoms with van der Waals surface area (Å²) in [5.41, 5.74) is 2.29. The van der Waals surface area contributed by atoms with Crippen LogP contribution in [0, 0.1) is 24.9 Å². The van der Waals surface area contributed by atoms with Gasteiger partial charge in [0.25, 0.3) is 0 Å². The number of aromatic nitrogens is 1. The van der Waals surface area contributed by atoms with Gasteiger partial charge in [0.1, 0.15) is 5.75 Å². The molecule has 2 heterocycles. The Morgan fingerprint density at radius 1 is 1.38 bits per heavy atom. The topological polar surface area (TPSA) is 76.5 Å². The minimum absolute atomic E-state index is 0.153. The average Bonchev–Trinajstić information content (AvgIpc) is 2.99. The van der Waals surface area contributed by atoms with E-state index in [0.717, 1.165) is 29.7 Å². The first-order valence-corrected chi connectivity index (χ1v) is 9.33. The third-order valence-electron chi connectivity index (χ3n) is 4.68. The smallest absolute Gasteiger partial charge is 0.306 e. The first-order chi connectivity index (χ1) is 12.4. The normalized spacial score (nSPS) is 20.0. The van der Waals surface area contributed by atoms with Gasteiger partial charge in [-0.2, -0.15) is 4.39 Å². The number of pyridine rings is 1. The fraction of sp³-hybridized carbons (Fsp3) is 0.421. The molecule has 2 aromatic rings. The highest BCUT2D eigenvalue weighted by atomic mass is 32.1. The zero-order valence-corrected chi connectivity index (χ0v) is 15.4. The van der Waals surface area contributed by atoms with E-state index in [2.05, 4.69) is 4.98 Å². The van der Waals surface area contributed by atoms with Crippen LogP contribution in [0.3, 0.4) is 0 Å². The number of carboxylic acids is 1. The van der Waals surface area contributed by atoms with Crippen molar-refractivity contribution in [3.63, 3.8) is 0 Å². The Morgan fingerprint density at radius 3 is 2.81 bits per heavy atom. The van der Waals surface area contributed by atoms with Crippen LogP contribution in [0.1, 0.15) is 47.3 Å². The molecule has 1 N–H and O–H groups in total. The summed E-state index contributed by atoms with van der Waals surface area (Å²) in [5.74, 6) is -0.512. The van der Waals surface area contributed by atoms with E-state index in [-0.39, 0.29) is 17.6 Å². The number of halogens is 1. The van der Waals surface area contributed by atoms with Gasteiger partial charge in [-0.1, -0.05) is 0 Å². The molecule has 1 saturated carbocycles. The Bertz CT molecular complexity index is 825. The van der Waals surface area contributed by atoms with E-state index >= 15 is 0 Å². The van der Waals surface area contributed by atoms with E-state index in [1.54, 1.807) is 13.0 Å². The lowest BCUT2D eigenvalue weighted by atomic mass is 9.87. The summed E-state index contributed by atoms with van der Waals surface area (Å²) >= 11 is 0.888. The number of hydrogen-bond acceptors (Lipinski definition) is 5. The van der Waals surface area contributed by atoms with Gasteiger partial charge < -0.3 is 9.84 Å². The Hall–Kier alpha value is -2.28. The third kappa shape index (κ3) is 3.77. The quantitative estimate of drug-likeness (QED) is 0.782. The van der Waals surface area contributed by atoms with Gasteiger partial charge in [0.05, 0.1) is 28.3 Å². The molecule has 0 spiro atoms. The molecule has 7 heteroatoms. The average molecular weight is 377 g/mol. The molecule has 0 unspecified atom stereocenters. The highest BCUT2D eigenvalue weighted by molar-refractivity contribution is 7.14. The molecule has 2 aromatic heterocycles. The summed E-state index contributed by atoms with van der Waals surface area (Å²) in [7, 11) is 0. The van der Waals surface area contributed by atoms with Crippen molar-refractivity contribution in [1.29, 1.82) is 0 Å². The van der Waals surface area contributed by atoms with E-state index in [0.29, 0.717) is 41.1 Å². The second-order valence-corrected chi connectivity index (χ2v) is 7.64. The van der Waals surface area contributed by atoms with Crippen LogP contribution in [-0.2, 0) is 4.79 Å². The molecule has 1 aliphatic carbocycles. The molecule has 0 aromatic carbocycles. The fourth-order valence-corrected chi connectivity index (χ4v) is 4.23. The summed E-state index contributed by atoms with van der Waals surface area (Å²) < 4.78 is 19.6. The molecule has 0 radical (unpaired) electrons. The summed E-state index contributed by atoms with van der Waals surface area (Å²) in [6.45, 7) is 3.67. The number of ether oxygens (including phenoxy) is 1. The molecule has 26 heavy (non-hydrogen) atoms. The lowest BCUT2D eigenvalue weighted by Gasteiger charge is -2.28. The molecule has 138 valence electrons. The van der Waals surface area contributed by atoms with Gasteiger partial charge in [-0.25, -0.2) is 4.98 Å². The predicted octanol–water partition coefficient (Wildman–Crippen LogP) is 4.40. The number of aldehydes is 1. The second kappa shape index (κ2) is 7.53. The SMILES string of the molecule is Cc1cc(-c2sc(F)cc2C=O)nc(C)c1O[C@H]1CCC[C@H](C(=O)O)C1. The van der Waals surface area contributed by atoms with Crippen LogP contribution in [-0.4, -0.2) is 28.4 Å². The van der Waals surface area contributed by atoms with E-state index < -0.39 is 11.1 Å². The molecule has 0 amide bonds. The Balaban J connectivity index is 1.86. The van der Waals surface area contributed by atoms with Gasteiger partial charge in [0.15, 0.2) is 11.4 Å². The van der Waals surface area contributed by atoms with Crippen molar-refractivity contribution in [3.8, 4) is 16.3 Å². The van der Waals surface area contributed by atoms with Gasteiger partial charge in [-0.3, -0.25) is 9.59 Å². The molecule has 2 atom stereocenters. The number of aliphatic carboxylic acids is 1. The monoisotopic (exact) mass is 377 g/mol. The lowest BCUT2D eigenvalue weighted by Crippen LogP contribution is -2.30. The number of carboxylic acid groups (broad SMARTS) is 1. The minimum atomic E-state index is -0.777. The van der Waals surface area contributed by atoms with E-state index in [1.807, 2.05) is 6.92 Å². The van der Waals surface area contributed by atoms with Crippen molar-refractivity contribution in [3.05, 3.63) is 34.1 Å². The maximum atomic E-state index is 13.5. The van der Waals surface area contributed by atoms with Crippen LogP contribution in [0.25, 0.3) is 10.6 Å². The summed E-state index contributed by atoms with van der Waals surface area (Å²) in [4.78, 5) is 27.4. The molecule has 0 bridgehead atoms. The first kappa shape index (κ1) is 18.5. The number of hydrogen-bond donors (Lipinski definition) is 1. The van der Waals surface area contributed by atoms with Crippen molar-refractivity contribution in [2.75, 3.05) is 0 Å². The zero-order chi connectivity index (χ0) is 18.8. The Labute approximate surface area is 154 Å². The fourth-order valence-electron chi connectivity index (χ4n) is 3.42. The van der Waals surface area contributed by atoms with Gasteiger partial charge in [0.2, 0.25) is 0 Å². The standard InChI is InChI=1S/C19H20FNO4S/c1-10-6-15(18-13(9-22)8-16(20)26-18)21-11(2)17(10)25-14-5-3-4-12(7-14)19(23)24/h6,8-9,12,14H,3-5,7H2,1-2H3,(H,23,24)/t12-,14-/m0/s1. The summed E-state index contributed by atoms with van der Waals surface area (Å²) in [6.07, 6.45) is 3.28. The van der Waals surface area contributed by atoms with Gasteiger partial charge >= 0.3 is 5.97 Å². The highest BCUT2D eigenvalue weighted by Crippen LogP contribution is 2.35. The molecule has 0 saturated heterocycles. The molecule has 5 nitrogen and oxygen atoms in total. The second-order valence-electron chi connectivity index (χ2n) is 6.63. The number of carbonyl (C=O) groups is 2. The number of nitrogens with zero attached hydrogens (tertiary/aromatic N) is 1. The van der Waals surface area contributed by atoms with E-state index in [1.165, 1.54) is 6.07 Å². The van der Waals surface area contributed by atoms with Gasteiger partial charge in [-0.15, -0.1) is 11.3 Å². The lowest BCUT2D eigenvalue weighted by molar-refractivity contribution is -0.143. The summed E-state index contributed by atoms with van der Waals surface area (Å²) in [6, 6.07) is 2.98. The van der Waals surface area contributed by atoms with Crippen LogP contribution in [0.5, 0.6) is 5.75 Å². The van der Waals surface area contributed by atoms with Crippen LogP contribution in [0.2, 0.25) is 0 Å². The van der Waals surface area contributed by atoms with Crippen LogP contribution >= 0.6 is 11.3 Å². The molecular weight excluding hydrogens is 357 g/mol. The predicted molar refractivity (Wildman–Crippen MR) is 96.4 cm³/mol. The first-order valence-electron chi connectivity index (χ1n) is 8.51. The van der Waals surface area contributed by atoms with Crippen LogP contribution < -0.4 is 4.74 Å². The third-order valence-corrected chi connectivity index (χ3v) is 5.64. The highest BCUT2D eigenvalue weighted by Gasteiger charge is 2.29.